The zero-order valence-electron chi connectivity index (χ0n) is 17.3. The van der Waals surface area contributed by atoms with Crippen molar-refractivity contribution >= 4 is 71.4 Å². The molecule has 0 amide bonds. The molecular weight excluding hydrogens is 698 g/mol. The molecule has 15 heteroatoms. The molecular formula is C17H24I2O11S2. The quantitative estimate of drug-likeness (QED) is 0.126. The molecule has 0 spiro atoms. The number of hydrogen-bond acceptors (Lipinski definition) is 9. The molecule has 32 heavy (non-hydrogen) atoms. The molecule has 0 aromatic heterocycles. The van der Waals surface area contributed by atoms with Crippen LogP contribution in [0.5, 0.6) is 17.2 Å². The highest BCUT2D eigenvalue weighted by atomic mass is 127. The maximum absolute atomic E-state index is 12.5. The zero-order valence-corrected chi connectivity index (χ0v) is 23.2. The van der Waals surface area contributed by atoms with Gasteiger partial charge in [-0.15, -0.1) is 0 Å². The molecule has 1 aromatic rings. The second-order valence-corrected chi connectivity index (χ2v) is 11.6. The largest absolute Gasteiger partial charge is 0.491 e. The minimum atomic E-state index is -4.18. The lowest BCUT2D eigenvalue weighted by molar-refractivity contribution is 0.0590. The molecule has 0 aliphatic heterocycles. The smallest absolute Gasteiger partial charge is 0.345 e. The van der Waals surface area contributed by atoms with Crippen LogP contribution < -0.4 is 14.2 Å². The third-order valence-corrected chi connectivity index (χ3v) is 7.25. The number of methoxy groups -OCH3 is 1. The van der Waals surface area contributed by atoms with Crippen LogP contribution >= 0.6 is 45.2 Å². The third-order valence-electron chi connectivity index (χ3n) is 3.68. The second kappa shape index (κ2) is 13.3. The molecule has 0 bridgehead atoms. The molecule has 0 heterocycles. The van der Waals surface area contributed by atoms with E-state index in [1.54, 1.807) is 0 Å². The average molecular weight is 722 g/mol. The molecule has 0 aliphatic rings. The fourth-order valence-electron chi connectivity index (χ4n) is 2.35. The summed E-state index contributed by atoms with van der Waals surface area (Å²) >= 11 is 3.80. The number of hydrogen-bond donors (Lipinski definition) is 2. The van der Waals surface area contributed by atoms with Gasteiger partial charge in [0.2, 0.25) is 0 Å². The Labute approximate surface area is 214 Å². The zero-order chi connectivity index (χ0) is 24.5. The van der Waals surface area contributed by atoms with Crippen molar-refractivity contribution in [1.29, 1.82) is 0 Å². The second-order valence-electron chi connectivity index (χ2n) is 6.31. The Balaban J connectivity index is 3.37. The Morgan fingerprint density at radius 1 is 0.812 bits per heavy atom. The van der Waals surface area contributed by atoms with Crippen molar-refractivity contribution in [2.24, 2.45) is 0 Å². The first-order valence-corrected chi connectivity index (χ1v) is 14.6. The van der Waals surface area contributed by atoms with Crippen molar-refractivity contribution in [2.45, 2.75) is 26.2 Å². The third kappa shape index (κ3) is 9.70. The van der Waals surface area contributed by atoms with Gasteiger partial charge in [-0.3, -0.25) is 9.11 Å². The minimum absolute atomic E-state index is 0.00751. The maximum atomic E-state index is 12.5. The molecule has 0 radical (unpaired) electrons. The summed E-state index contributed by atoms with van der Waals surface area (Å²) in [5, 5.41) is 0. The molecule has 1 rings (SSSR count). The molecule has 0 atom stereocenters. The van der Waals surface area contributed by atoms with Gasteiger partial charge in [-0.2, -0.15) is 16.8 Å². The van der Waals surface area contributed by atoms with E-state index >= 15 is 0 Å². The fourth-order valence-corrected chi connectivity index (χ4v) is 5.53. The minimum Gasteiger partial charge on any atom is -0.491 e. The van der Waals surface area contributed by atoms with Gasteiger partial charge in [0.1, 0.15) is 5.56 Å². The number of benzene rings is 1. The van der Waals surface area contributed by atoms with Crippen LogP contribution in [-0.4, -0.2) is 70.3 Å². The van der Waals surface area contributed by atoms with Gasteiger partial charge in [-0.1, -0.05) is 6.92 Å². The van der Waals surface area contributed by atoms with E-state index in [9.17, 15) is 21.6 Å². The highest BCUT2D eigenvalue weighted by molar-refractivity contribution is 14.1. The lowest BCUT2D eigenvalue weighted by Crippen LogP contribution is -2.16. The van der Waals surface area contributed by atoms with Gasteiger partial charge >= 0.3 is 5.97 Å². The highest BCUT2D eigenvalue weighted by Gasteiger charge is 2.30. The normalized spacial score (nSPS) is 11.8. The number of carbonyl (C=O) groups excluding carboxylic acids is 1. The van der Waals surface area contributed by atoms with Crippen LogP contribution in [0.4, 0.5) is 0 Å². The first kappa shape index (κ1) is 29.4. The summed E-state index contributed by atoms with van der Waals surface area (Å²) in [7, 11) is -7.13. The number of rotatable bonds is 14. The van der Waals surface area contributed by atoms with Crippen molar-refractivity contribution in [3.05, 3.63) is 12.7 Å². The summed E-state index contributed by atoms with van der Waals surface area (Å²) in [6.45, 7) is 1.94. The van der Waals surface area contributed by atoms with Gasteiger partial charge in [-0.25, -0.2) is 4.79 Å². The molecule has 0 unspecified atom stereocenters. The Kier molecular flexibility index (Phi) is 12.2. The Morgan fingerprint density at radius 2 is 1.22 bits per heavy atom. The van der Waals surface area contributed by atoms with Crippen LogP contribution in [0.25, 0.3) is 0 Å². The fraction of sp³-hybridized carbons (Fsp3) is 0.588. The molecule has 184 valence electrons. The van der Waals surface area contributed by atoms with Gasteiger partial charge in [0.05, 0.1) is 45.6 Å². The molecule has 2 N–H and O–H groups in total. The Bertz CT molecular complexity index is 1010. The summed E-state index contributed by atoms with van der Waals surface area (Å²) in [4.78, 5) is 12.5. The van der Waals surface area contributed by atoms with E-state index < -0.39 is 37.7 Å². The Hall–Kier alpha value is -0.630. The van der Waals surface area contributed by atoms with Crippen molar-refractivity contribution in [3.8, 4) is 17.2 Å². The van der Waals surface area contributed by atoms with E-state index in [-0.39, 0.29) is 55.5 Å². The maximum Gasteiger partial charge on any atom is 0.345 e. The highest BCUT2D eigenvalue weighted by Crippen LogP contribution is 2.45. The van der Waals surface area contributed by atoms with Crippen molar-refractivity contribution in [3.63, 3.8) is 0 Å². The molecule has 0 fully saturated rings. The number of esters is 1. The van der Waals surface area contributed by atoms with Gasteiger partial charge in [0.15, 0.2) is 17.2 Å². The molecule has 0 aliphatic carbocycles. The standard InChI is InChI=1S/C17H24I2O11S2/c1-3-6-28-14-11(17(20)27-2)15(29-7-4-9-31(21,22)23)13(19)16(12(14)18)30-8-5-10-32(24,25)26/h3-10H2,1-2H3,(H,21,22,23)(H,24,25,26). The van der Waals surface area contributed by atoms with E-state index in [0.29, 0.717) is 13.6 Å². The first-order valence-electron chi connectivity index (χ1n) is 9.24. The van der Waals surface area contributed by atoms with Crippen LogP contribution in [0.2, 0.25) is 0 Å². The van der Waals surface area contributed by atoms with Crippen LogP contribution in [0, 0.1) is 7.14 Å². The number of carbonyl (C=O) groups is 1. The van der Waals surface area contributed by atoms with E-state index in [0.717, 1.165) is 0 Å². The van der Waals surface area contributed by atoms with E-state index in [1.165, 1.54) is 7.11 Å². The summed E-state index contributed by atoms with van der Waals surface area (Å²) in [5.74, 6) is -1.30. The predicted octanol–water partition coefficient (Wildman–Crippen LogP) is 2.78. The summed E-state index contributed by atoms with van der Waals surface area (Å²) in [6, 6.07) is 0. The van der Waals surface area contributed by atoms with Gasteiger partial charge in [-0.05, 0) is 64.4 Å². The molecule has 0 saturated heterocycles. The predicted molar refractivity (Wildman–Crippen MR) is 132 cm³/mol. The summed E-state index contributed by atoms with van der Waals surface area (Å²) in [6.07, 6.45) is 0.606. The Morgan fingerprint density at radius 3 is 1.59 bits per heavy atom. The topological polar surface area (TPSA) is 163 Å². The molecule has 11 nitrogen and oxygen atoms in total. The van der Waals surface area contributed by atoms with E-state index in [1.807, 2.05) is 52.1 Å². The SMILES string of the molecule is CCCOc1c(I)c(OCCCS(=O)(=O)O)c(I)c(OCCCS(=O)(=O)O)c1C(=O)OC. The lowest BCUT2D eigenvalue weighted by atomic mass is 10.1. The van der Waals surface area contributed by atoms with E-state index in [2.05, 4.69) is 0 Å². The lowest BCUT2D eigenvalue weighted by Gasteiger charge is -2.21. The van der Waals surface area contributed by atoms with Gasteiger partial charge < -0.3 is 18.9 Å². The summed E-state index contributed by atoms with van der Waals surface area (Å²) < 4.78 is 84.3. The molecule has 0 saturated carbocycles. The first-order chi connectivity index (χ1) is 14.8. The van der Waals surface area contributed by atoms with Crippen LogP contribution in [0.1, 0.15) is 36.5 Å². The van der Waals surface area contributed by atoms with Crippen LogP contribution in [0.3, 0.4) is 0 Å². The molecule has 1 aromatic carbocycles. The van der Waals surface area contributed by atoms with Crippen LogP contribution in [0.15, 0.2) is 0 Å². The van der Waals surface area contributed by atoms with Crippen molar-refractivity contribution < 1.29 is 49.7 Å². The summed E-state index contributed by atoms with van der Waals surface area (Å²) in [5.41, 5.74) is -0.00751. The number of ether oxygens (including phenoxy) is 4. The van der Waals surface area contributed by atoms with Gasteiger partial charge in [0.25, 0.3) is 20.2 Å². The monoisotopic (exact) mass is 722 g/mol. The van der Waals surface area contributed by atoms with Crippen LogP contribution in [-0.2, 0) is 25.0 Å². The van der Waals surface area contributed by atoms with E-state index in [4.69, 9.17) is 28.1 Å². The van der Waals surface area contributed by atoms with Gasteiger partial charge in [0, 0.05) is 0 Å². The van der Waals surface area contributed by atoms with Crippen molar-refractivity contribution in [2.75, 3.05) is 38.4 Å². The number of halogens is 2. The average Bonchev–Trinajstić information content (AvgIpc) is 2.68. The van der Waals surface area contributed by atoms with Crippen molar-refractivity contribution in [1.82, 2.24) is 0 Å².